The topological polar surface area (TPSA) is 51.3 Å². The smallest absolute Gasteiger partial charge is 0.313 e. The van der Waals surface area contributed by atoms with E-state index in [-0.39, 0.29) is 30.0 Å². The van der Waals surface area contributed by atoms with Crippen molar-refractivity contribution < 1.29 is 14.3 Å². The Labute approximate surface area is 182 Å². The summed E-state index contributed by atoms with van der Waals surface area (Å²) in [5.41, 5.74) is 4.04. The minimum atomic E-state index is -0.317. The van der Waals surface area contributed by atoms with E-state index in [4.69, 9.17) is 21.1 Å². The van der Waals surface area contributed by atoms with Gasteiger partial charge in [0, 0.05) is 11.6 Å². The van der Waals surface area contributed by atoms with Crippen LogP contribution in [-0.4, -0.2) is 17.1 Å². The van der Waals surface area contributed by atoms with Crippen molar-refractivity contribution in [1.29, 1.82) is 0 Å². The molecule has 3 aromatic rings. The zero-order valence-electron chi connectivity index (χ0n) is 17.4. The van der Waals surface area contributed by atoms with Crippen LogP contribution in [0.25, 0.3) is 0 Å². The Morgan fingerprint density at radius 1 is 1.13 bits per heavy atom. The number of nitrogens with one attached hydrogen (secondary N) is 1. The van der Waals surface area contributed by atoms with Crippen molar-refractivity contribution in [2.45, 2.75) is 39.9 Å². The van der Waals surface area contributed by atoms with Gasteiger partial charge in [0.25, 0.3) is 0 Å². The highest BCUT2D eigenvalue weighted by Crippen LogP contribution is 2.55. The molecule has 0 radical (unpaired) electrons. The number of carbonyl (C=O) groups is 1. The zero-order chi connectivity index (χ0) is 21.3. The minimum absolute atomic E-state index is 0.221. The average molecular weight is 424 g/mol. The molecule has 1 aliphatic carbocycles. The van der Waals surface area contributed by atoms with Gasteiger partial charge in [0.2, 0.25) is 0 Å². The molecule has 1 aromatic heterocycles. The average Bonchev–Trinajstić information content (AvgIpc) is 3.02. The van der Waals surface area contributed by atoms with Crippen LogP contribution in [0.3, 0.4) is 0 Å². The van der Waals surface area contributed by atoms with Crippen molar-refractivity contribution in [2.24, 2.45) is 11.3 Å². The van der Waals surface area contributed by atoms with Gasteiger partial charge in [-0.3, -0.25) is 4.79 Å². The number of hydrogen-bond acceptors (Lipinski definition) is 3. The second-order valence-corrected chi connectivity index (χ2v) is 8.93. The van der Waals surface area contributed by atoms with Gasteiger partial charge in [0.15, 0.2) is 0 Å². The third-order valence-corrected chi connectivity index (χ3v) is 6.14. The van der Waals surface area contributed by atoms with Crippen molar-refractivity contribution in [2.75, 3.05) is 0 Å². The molecule has 0 bridgehead atoms. The summed E-state index contributed by atoms with van der Waals surface area (Å²) in [5, 5.41) is 0.557. The number of benzene rings is 2. The molecule has 2 aromatic carbocycles. The van der Waals surface area contributed by atoms with Gasteiger partial charge >= 0.3 is 5.97 Å². The lowest BCUT2D eigenvalue weighted by Gasteiger charge is -2.09. The molecule has 0 amide bonds. The highest BCUT2D eigenvalue weighted by Gasteiger charge is 2.65. The fourth-order valence-corrected chi connectivity index (χ4v) is 4.14. The summed E-state index contributed by atoms with van der Waals surface area (Å²) < 4.78 is 11.7. The second-order valence-electron chi connectivity index (χ2n) is 8.52. The van der Waals surface area contributed by atoms with E-state index in [9.17, 15) is 4.79 Å². The van der Waals surface area contributed by atoms with Crippen molar-refractivity contribution in [3.8, 4) is 5.75 Å². The summed E-state index contributed by atoms with van der Waals surface area (Å²) in [6.45, 7) is 6.23. The summed E-state index contributed by atoms with van der Waals surface area (Å²) in [4.78, 5) is 16.0. The number of carbonyl (C=O) groups excluding carboxylic acids is 1. The maximum absolute atomic E-state index is 12.8. The predicted molar refractivity (Wildman–Crippen MR) is 118 cm³/mol. The molecule has 1 N–H and O–H groups in total. The first-order chi connectivity index (χ1) is 14.4. The standard InChI is InChI=1S/C25H26ClNO3/c1-16-9-10-21(19(26)13-16)30-23-22(25(23,2)3)24(28)29-15-20-18(11-12-27-20)14-17-7-5-4-6-8-17/h4-13,22-23,27H,14-15H2,1-3H3. The monoisotopic (exact) mass is 423 g/mol. The highest BCUT2D eigenvalue weighted by atomic mass is 35.5. The first-order valence-corrected chi connectivity index (χ1v) is 10.5. The lowest BCUT2D eigenvalue weighted by atomic mass is 10.1. The Hall–Kier alpha value is -2.72. The van der Waals surface area contributed by atoms with E-state index in [1.54, 1.807) is 0 Å². The van der Waals surface area contributed by atoms with E-state index in [0.717, 1.165) is 23.2 Å². The maximum Gasteiger partial charge on any atom is 0.313 e. The van der Waals surface area contributed by atoms with Crippen LogP contribution in [-0.2, 0) is 22.6 Å². The van der Waals surface area contributed by atoms with Gasteiger partial charge in [-0.25, -0.2) is 0 Å². The molecule has 1 saturated carbocycles. The van der Waals surface area contributed by atoms with Gasteiger partial charge in [0.1, 0.15) is 24.4 Å². The van der Waals surface area contributed by atoms with Gasteiger partial charge in [0.05, 0.1) is 10.7 Å². The lowest BCUT2D eigenvalue weighted by molar-refractivity contribution is -0.148. The quantitative estimate of drug-likeness (QED) is 0.495. The van der Waals surface area contributed by atoms with Crippen LogP contribution < -0.4 is 4.74 Å². The number of aromatic amines is 1. The normalized spacial score (nSPS) is 19.3. The van der Waals surface area contributed by atoms with Crippen LogP contribution in [0.1, 0.15) is 36.2 Å². The van der Waals surface area contributed by atoms with E-state index < -0.39 is 0 Å². The van der Waals surface area contributed by atoms with Crippen molar-refractivity contribution in [1.82, 2.24) is 4.98 Å². The van der Waals surface area contributed by atoms with Gasteiger partial charge < -0.3 is 14.5 Å². The number of ether oxygens (including phenoxy) is 2. The first kappa shape index (κ1) is 20.5. The van der Waals surface area contributed by atoms with Crippen LogP contribution in [0.15, 0.2) is 60.8 Å². The molecule has 2 atom stereocenters. The Kier molecular flexibility index (Phi) is 5.61. The minimum Gasteiger partial charge on any atom is -0.487 e. The molecular formula is C25H26ClNO3. The van der Waals surface area contributed by atoms with E-state index in [0.29, 0.717) is 10.8 Å². The van der Waals surface area contributed by atoms with E-state index in [1.165, 1.54) is 5.56 Å². The van der Waals surface area contributed by atoms with Crippen LogP contribution in [0.5, 0.6) is 5.75 Å². The molecule has 0 aliphatic heterocycles. The van der Waals surface area contributed by atoms with E-state index in [1.807, 2.05) is 69.4 Å². The molecule has 1 aliphatic rings. The van der Waals surface area contributed by atoms with Crippen LogP contribution in [0.2, 0.25) is 5.02 Å². The number of aromatic nitrogens is 1. The number of rotatable bonds is 7. The van der Waals surface area contributed by atoms with Gasteiger partial charge in [-0.1, -0.05) is 61.8 Å². The molecular weight excluding hydrogens is 398 g/mol. The van der Waals surface area contributed by atoms with Crippen molar-refractivity contribution in [3.05, 3.63) is 88.2 Å². The molecule has 0 spiro atoms. The SMILES string of the molecule is Cc1ccc(OC2C(C(=O)OCc3[nH]ccc3Cc3ccccc3)C2(C)C)c(Cl)c1. The third-order valence-electron chi connectivity index (χ3n) is 5.85. The maximum atomic E-state index is 12.8. The fourth-order valence-electron chi connectivity index (χ4n) is 3.86. The van der Waals surface area contributed by atoms with Gasteiger partial charge in [-0.05, 0) is 48.2 Å². The molecule has 4 rings (SSSR count). The Balaban J connectivity index is 1.37. The van der Waals surface area contributed by atoms with Gasteiger partial charge in [-0.2, -0.15) is 0 Å². The lowest BCUT2D eigenvalue weighted by Crippen LogP contribution is -2.13. The van der Waals surface area contributed by atoms with E-state index >= 15 is 0 Å². The van der Waals surface area contributed by atoms with Crippen molar-refractivity contribution >= 4 is 17.6 Å². The molecule has 156 valence electrons. The predicted octanol–water partition coefficient (Wildman–Crippen LogP) is 5.71. The number of halogens is 1. The summed E-state index contributed by atoms with van der Waals surface area (Å²) in [7, 11) is 0. The zero-order valence-corrected chi connectivity index (χ0v) is 18.2. The molecule has 1 fully saturated rings. The van der Waals surface area contributed by atoms with Crippen LogP contribution >= 0.6 is 11.6 Å². The summed E-state index contributed by atoms with van der Waals surface area (Å²) in [6, 6.07) is 17.9. The number of esters is 1. The second kappa shape index (κ2) is 8.19. The van der Waals surface area contributed by atoms with Crippen LogP contribution in [0, 0.1) is 18.3 Å². The van der Waals surface area contributed by atoms with Crippen molar-refractivity contribution in [3.63, 3.8) is 0 Å². The van der Waals surface area contributed by atoms with Gasteiger partial charge in [-0.15, -0.1) is 0 Å². The fraction of sp³-hybridized carbons (Fsp3) is 0.320. The molecule has 2 unspecified atom stereocenters. The van der Waals surface area contributed by atoms with E-state index in [2.05, 4.69) is 17.1 Å². The number of aryl methyl sites for hydroxylation is 1. The summed E-state index contributed by atoms with van der Waals surface area (Å²) in [6.07, 6.45) is 2.43. The summed E-state index contributed by atoms with van der Waals surface area (Å²) >= 11 is 6.29. The summed E-state index contributed by atoms with van der Waals surface area (Å²) in [5.74, 6) is 0.0426. The third kappa shape index (κ3) is 4.24. The number of hydrogen-bond donors (Lipinski definition) is 1. The Morgan fingerprint density at radius 3 is 2.63 bits per heavy atom. The molecule has 0 saturated heterocycles. The Morgan fingerprint density at radius 2 is 1.90 bits per heavy atom. The highest BCUT2D eigenvalue weighted by molar-refractivity contribution is 6.32. The first-order valence-electron chi connectivity index (χ1n) is 10.1. The largest absolute Gasteiger partial charge is 0.487 e. The molecule has 4 nitrogen and oxygen atoms in total. The van der Waals surface area contributed by atoms with Crippen LogP contribution in [0.4, 0.5) is 0 Å². The molecule has 5 heteroatoms. The molecule has 30 heavy (non-hydrogen) atoms. The molecule has 1 heterocycles. The Bertz CT molecular complexity index is 1040. The number of H-pyrrole nitrogens is 1.